The minimum absolute atomic E-state index is 0.00326. The number of hydrogen-bond acceptors (Lipinski definition) is 3. The van der Waals surface area contributed by atoms with E-state index in [-0.39, 0.29) is 6.10 Å². The summed E-state index contributed by atoms with van der Waals surface area (Å²) in [7, 11) is 3.15. The first kappa shape index (κ1) is 9.25. The van der Waals surface area contributed by atoms with E-state index in [1.807, 2.05) is 0 Å². The molecule has 1 saturated heterocycles. The molecule has 1 fully saturated rings. The number of rotatable bonds is 2. The Morgan fingerprint density at radius 1 is 1.64 bits per heavy atom. The summed E-state index contributed by atoms with van der Waals surface area (Å²) in [5.74, 6) is 0. The third-order valence-electron chi connectivity index (χ3n) is 1.75. The van der Waals surface area contributed by atoms with Gasteiger partial charge in [-0.2, -0.15) is 12.7 Å². The highest BCUT2D eigenvalue weighted by Crippen LogP contribution is 2.17. The molecule has 0 aliphatic carbocycles. The number of methoxy groups -OCH3 is 1. The normalized spacial score (nSPS) is 27.6. The molecule has 1 atom stereocenters. The monoisotopic (exact) mass is 199 g/mol. The smallest absolute Gasteiger partial charge is 0.299 e. The second kappa shape index (κ2) is 3.26. The van der Waals surface area contributed by atoms with Gasteiger partial charge >= 0.3 is 0 Å². The quantitative estimate of drug-likeness (QED) is 0.597. The summed E-state index contributed by atoms with van der Waals surface area (Å²) in [6.07, 6.45) is 0.728. The molecule has 11 heavy (non-hydrogen) atoms. The van der Waals surface area contributed by atoms with Crippen LogP contribution >= 0.6 is 10.7 Å². The van der Waals surface area contributed by atoms with E-state index in [1.165, 1.54) is 4.31 Å². The minimum atomic E-state index is -3.52. The van der Waals surface area contributed by atoms with Crippen LogP contribution in [0.4, 0.5) is 0 Å². The molecule has 1 heterocycles. The fraction of sp³-hybridized carbons (Fsp3) is 1.00. The molecule has 1 rings (SSSR count). The molecule has 0 unspecified atom stereocenters. The van der Waals surface area contributed by atoms with Crippen LogP contribution in [0.15, 0.2) is 0 Å². The van der Waals surface area contributed by atoms with Crippen LogP contribution in [0.25, 0.3) is 0 Å². The molecule has 4 nitrogen and oxygen atoms in total. The highest BCUT2D eigenvalue weighted by atomic mass is 35.7. The molecule has 1 aliphatic rings. The van der Waals surface area contributed by atoms with Crippen LogP contribution < -0.4 is 0 Å². The average molecular weight is 200 g/mol. The zero-order valence-electron chi connectivity index (χ0n) is 6.16. The molecule has 66 valence electrons. The van der Waals surface area contributed by atoms with Gasteiger partial charge in [-0.05, 0) is 6.42 Å². The third-order valence-corrected chi connectivity index (χ3v) is 3.28. The van der Waals surface area contributed by atoms with Crippen molar-refractivity contribution < 1.29 is 13.2 Å². The van der Waals surface area contributed by atoms with Crippen molar-refractivity contribution in [2.45, 2.75) is 12.5 Å². The van der Waals surface area contributed by atoms with Crippen LogP contribution in [0.2, 0.25) is 0 Å². The Balaban J connectivity index is 2.55. The van der Waals surface area contributed by atoms with Gasteiger partial charge in [0, 0.05) is 30.9 Å². The van der Waals surface area contributed by atoms with E-state index in [1.54, 1.807) is 7.11 Å². The number of halogens is 1. The molecule has 0 aromatic heterocycles. The molecule has 0 aromatic rings. The number of hydrogen-bond donors (Lipinski definition) is 0. The molecular formula is C5H10ClNO3S. The summed E-state index contributed by atoms with van der Waals surface area (Å²) in [5.41, 5.74) is 0. The first-order chi connectivity index (χ1) is 5.04. The predicted molar refractivity (Wildman–Crippen MR) is 41.8 cm³/mol. The molecule has 0 bridgehead atoms. The molecule has 1 aliphatic heterocycles. The van der Waals surface area contributed by atoms with E-state index in [0.717, 1.165) is 6.42 Å². The second-order valence-electron chi connectivity index (χ2n) is 2.45. The van der Waals surface area contributed by atoms with Crippen LogP contribution in [0.3, 0.4) is 0 Å². The van der Waals surface area contributed by atoms with Crippen molar-refractivity contribution >= 4 is 19.9 Å². The summed E-state index contributed by atoms with van der Waals surface area (Å²) in [6, 6.07) is 0. The zero-order valence-corrected chi connectivity index (χ0v) is 7.73. The van der Waals surface area contributed by atoms with E-state index in [4.69, 9.17) is 15.4 Å². The SMILES string of the molecule is CO[C@@H]1CCN(S(=O)(=O)Cl)C1. The summed E-state index contributed by atoms with van der Waals surface area (Å²) in [4.78, 5) is 0. The van der Waals surface area contributed by atoms with Gasteiger partial charge in [0.15, 0.2) is 0 Å². The Kier molecular flexibility index (Phi) is 2.74. The summed E-state index contributed by atoms with van der Waals surface area (Å²) >= 11 is 0. The van der Waals surface area contributed by atoms with Crippen molar-refractivity contribution in [3.05, 3.63) is 0 Å². The van der Waals surface area contributed by atoms with E-state index < -0.39 is 9.24 Å². The average Bonchev–Trinajstić information content (AvgIpc) is 2.32. The molecule has 0 spiro atoms. The van der Waals surface area contributed by atoms with Gasteiger partial charge in [0.25, 0.3) is 9.24 Å². The first-order valence-electron chi connectivity index (χ1n) is 3.26. The summed E-state index contributed by atoms with van der Waals surface area (Å²) in [6.45, 7) is 0.840. The van der Waals surface area contributed by atoms with E-state index >= 15 is 0 Å². The number of nitrogens with zero attached hydrogens (tertiary/aromatic N) is 1. The Morgan fingerprint density at radius 3 is 2.55 bits per heavy atom. The Hall–Kier alpha value is 0.160. The molecule has 0 N–H and O–H groups in total. The Bertz CT molecular complexity index is 228. The van der Waals surface area contributed by atoms with E-state index in [9.17, 15) is 8.42 Å². The van der Waals surface area contributed by atoms with Crippen LogP contribution in [0, 0.1) is 0 Å². The molecule has 0 radical (unpaired) electrons. The number of ether oxygens (including phenoxy) is 1. The van der Waals surface area contributed by atoms with Gasteiger partial charge in [-0.25, -0.2) is 0 Å². The maximum Gasteiger partial charge on any atom is 0.299 e. The highest BCUT2D eigenvalue weighted by molar-refractivity contribution is 8.11. The molecular weight excluding hydrogens is 190 g/mol. The minimum Gasteiger partial charge on any atom is -0.380 e. The van der Waals surface area contributed by atoms with Crippen molar-refractivity contribution in [1.82, 2.24) is 4.31 Å². The van der Waals surface area contributed by atoms with Crippen molar-refractivity contribution in [2.75, 3.05) is 20.2 Å². The van der Waals surface area contributed by atoms with E-state index in [2.05, 4.69) is 0 Å². The maximum atomic E-state index is 10.7. The summed E-state index contributed by atoms with van der Waals surface area (Å²) < 4.78 is 27.6. The van der Waals surface area contributed by atoms with Crippen LogP contribution in [0.5, 0.6) is 0 Å². The van der Waals surface area contributed by atoms with Crippen LogP contribution in [0.1, 0.15) is 6.42 Å². The maximum absolute atomic E-state index is 10.7. The molecule has 0 aromatic carbocycles. The molecule has 0 amide bonds. The van der Waals surface area contributed by atoms with Gasteiger partial charge < -0.3 is 4.74 Å². The lowest BCUT2D eigenvalue weighted by Gasteiger charge is -2.09. The zero-order chi connectivity index (χ0) is 8.48. The molecule has 6 heteroatoms. The van der Waals surface area contributed by atoms with Gasteiger partial charge in [-0.1, -0.05) is 0 Å². The molecule has 0 saturated carbocycles. The second-order valence-corrected chi connectivity index (χ2v) is 4.96. The standard InChI is InChI=1S/C5H10ClNO3S/c1-10-5-2-3-7(4-5)11(6,8)9/h5H,2-4H2,1H3/t5-/m1/s1. The van der Waals surface area contributed by atoms with E-state index in [0.29, 0.717) is 13.1 Å². The van der Waals surface area contributed by atoms with Crippen LogP contribution in [-0.2, 0) is 14.0 Å². The Morgan fingerprint density at radius 2 is 2.27 bits per heavy atom. The van der Waals surface area contributed by atoms with Crippen LogP contribution in [-0.4, -0.2) is 39.0 Å². The van der Waals surface area contributed by atoms with Gasteiger partial charge in [0.2, 0.25) is 0 Å². The lowest BCUT2D eigenvalue weighted by molar-refractivity contribution is 0.115. The Labute approximate surface area is 70.6 Å². The fourth-order valence-corrected chi connectivity index (χ4v) is 2.13. The van der Waals surface area contributed by atoms with Crippen molar-refractivity contribution in [3.63, 3.8) is 0 Å². The lowest BCUT2D eigenvalue weighted by Crippen LogP contribution is -2.25. The van der Waals surface area contributed by atoms with Crippen molar-refractivity contribution in [1.29, 1.82) is 0 Å². The predicted octanol–water partition coefficient (Wildman–Crippen LogP) is 0.191. The van der Waals surface area contributed by atoms with Crippen molar-refractivity contribution in [2.24, 2.45) is 0 Å². The van der Waals surface area contributed by atoms with Gasteiger partial charge in [-0.15, -0.1) is 0 Å². The summed E-state index contributed by atoms with van der Waals surface area (Å²) in [5, 5.41) is 0. The fourth-order valence-electron chi connectivity index (χ4n) is 1.09. The van der Waals surface area contributed by atoms with Crippen molar-refractivity contribution in [3.8, 4) is 0 Å². The first-order valence-corrected chi connectivity index (χ1v) is 5.53. The van der Waals surface area contributed by atoms with Gasteiger partial charge in [-0.3, -0.25) is 0 Å². The third kappa shape index (κ3) is 2.30. The largest absolute Gasteiger partial charge is 0.380 e. The lowest BCUT2D eigenvalue weighted by atomic mass is 10.3. The van der Waals surface area contributed by atoms with Gasteiger partial charge in [0.1, 0.15) is 0 Å². The van der Waals surface area contributed by atoms with Gasteiger partial charge in [0.05, 0.1) is 6.10 Å². The highest BCUT2D eigenvalue weighted by Gasteiger charge is 2.29. The topological polar surface area (TPSA) is 46.6 Å².